The Hall–Kier alpha value is -2.48. The normalized spacial score (nSPS) is 11.5. The van der Waals surface area contributed by atoms with Gasteiger partial charge in [-0.15, -0.1) is 0 Å². The highest BCUT2D eigenvalue weighted by atomic mass is 14.8. The van der Waals surface area contributed by atoms with Gasteiger partial charge in [0, 0.05) is 5.39 Å². The second kappa shape index (κ2) is 4.01. The average Bonchev–Trinajstić information content (AvgIpc) is 2.45. The van der Waals surface area contributed by atoms with Gasteiger partial charge in [0.1, 0.15) is 0 Å². The van der Waals surface area contributed by atoms with Crippen molar-refractivity contribution >= 4 is 32.8 Å². The van der Waals surface area contributed by atoms with E-state index in [2.05, 4.69) is 56.3 Å². The Morgan fingerprint density at radius 2 is 1.60 bits per heavy atom. The van der Waals surface area contributed by atoms with E-state index in [0.29, 0.717) is 0 Å². The third-order valence-corrected chi connectivity index (χ3v) is 3.81. The van der Waals surface area contributed by atoms with Crippen LogP contribution < -0.4 is 0 Å². The van der Waals surface area contributed by atoms with Gasteiger partial charge in [-0.1, -0.05) is 30.3 Å². The molecule has 0 saturated heterocycles. The SMILES string of the molecule is Cc1ccc2nc3c(ccc4cccc(C)c43)nc2c1. The summed E-state index contributed by atoms with van der Waals surface area (Å²) in [6.07, 6.45) is 0. The van der Waals surface area contributed by atoms with Gasteiger partial charge in [-0.2, -0.15) is 0 Å². The van der Waals surface area contributed by atoms with Crippen LogP contribution in [0.2, 0.25) is 0 Å². The molecule has 0 atom stereocenters. The first-order chi connectivity index (χ1) is 9.72. The molecular formula is C18H14N2. The number of aryl methyl sites for hydroxylation is 2. The van der Waals surface area contributed by atoms with Crippen LogP contribution in [0.5, 0.6) is 0 Å². The fourth-order valence-electron chi connectivity index (χ4n) is 2.80. The summed E-state index contributed by atoms with van der Waals surface area (Å²) in [5.74, 6) is 0. The number of hydrogen-bond acceptors (Lipinski definition) is 2. The molecule has 0 unspecified atom stereocenters. The minimum Gasteiger partial charge on any atom is -0.244 e. The van der Waals surface area contributed by atoms with E-state index in [9.17, 15) is 0 Å². The molecule has 2 nitrogen and oxygen atoms in total. The standard InChI is InChI=1S/C18H14N2/c1-11-6-8-14-16(10-11)19-15-9-7-13-5-3-4-12(2)17(13)18(15)20-14/h3-10H,1-2H3. The summed E-state index contributed by atoms with van der Waals surface area (Å²) < 4.78 is 0. The van der Waals surface area contributed by atoms with Crippen LogP contribution in [0.25, 0.3) is 32.8 Å². The number of hydrogen-bond donors (Lipinski definition) is 0. The van der Waals surface area contributed by atoms with Gasteiger partial charge in [0.2, 0.25) is 0 Å². The van der Waals surface area contributed by atoms with E-state index in [-0.39, 0.29) is 0 Å². The van der Waals surface area contributed by atoms with Crippen LogP contribution in [0.15, 0.2) is 48.5 Å². The van der Waals surface area contributed by atoms with E-state index in [1.165, 1.54) is 21.9 Å². The van der Waals surface area contributed by atoms with Gasteiger partial charge in [-0.05, 0) is 48.6 Å². The van der Waals surface area contributed by atoms with Gasteiger partial charge in [0.15, 0.2) is 0 Å². The smallest absolute Gasteiger partial charge is 0.0975 e. The Labute approximate surface area is 117 Å². The largest absolute Gasteiger partial charge is 0.244 e. The molecule has 4 rings (SSSR count). The summed E-state index contributed by atoms with van der Waals surface area (Å²) in [6.45, 7) is 4.21. The Kier molecular flexibility index (Phi) is 2.27. The van der Waals surface area contributed by atoms with E-state index >= 15 is 0 Å². The van der Waals surface area contributed by atoms with E-state index in [1.807, 2.05) is 6.07 Å². The quantitative estimate of drug-likeness (QED) is 0.341. The fraction of sp³-hybridized carbons (Fsp3) is 0.111. The molecule has 96 valence electrons. The van der Waals surface area contributed by atoms with Gasteiger partial charge in [-0.3, -0.25) is 0 Å². The molecule has 1 heterocycles. The third kappa shape index (κ3) is 1.58. The fourth-order valence-corrected chi connectivity index (χ4v) is 2.80. The molecule has 0 amide bonds. The van der Waals surface area contributed by atoms with E-state index in [1.54, 1.807) is 0 Å². The highest BCUT2D eigenvalue weighted by molar-refractivity contribution is 6.07. The number of rotatable bonds is 0. The van der Waals surface area contributed by atoms with Gasteiger partial charge in [0.05, 0.1) is 22.1 Å². The maximum atomic E-state index is 4.85. The molecule has 0 N–H and O–H groups in total. The van der Waals surface area contributed by atoms with Crippen LogP contribution in [0, 0.1) is 13.8 Å². The van der Waals surface area contributed by atoms with E-state index in [0.717, 1.165) is 22.1 Å². The number of benzene rings is 3. The molecular weight excluding hydrogens is 244 g/mol. The lowest BCUT2D eigenvalue weighted by Gasteiger charge is -2.07. The lowest BCUT2D eigenvalue weighted by atomic mass is 10.0. The second-order valence-electron chi connectivity index (χ2n) is 5.32. The van der Waals surface area contributed by atoms with Crippen molar-refractivity contribution in [3.8, 4) is 0 Å². The zero-order chi connectivity index (χ0) is 13.7. The van der Waals surface area contributed by atoms with Crippen molar-refractivity contribution in [2.75, 3.05) is 0 Å². The first kappa shape index (κ1) is 11.4. The Bertz CT molecular complexity index is 971. The predicted octanol–water partition coefficient (Wildman–Crippen LogP) is 4.55. The Balaban J connectivity index is 2.24. The second-order valence-corrected chi connectivity index (χ2v) is 5.32. The zero-order valence-corrected chi connectivity index (χ0v) is 11.5. The molecule has 1 aromatic heterocycles. The van der Waals surface area contributed by atoms with Crippen molar-refractivity contribution in [2.45, 2.75) is 13.8 Å². The first-order valence-corrected chi connectivity index (χ1v) is 6.79. The molecule has 20 heavy (non-hydrogen) atoms. The zero-order valence-electron chi connectivity index (χ0n) is 11.5. The highest BCUT2D eigenvalue weighted by Crippen LogP contribution is 2.27. The van der Waals surface area contributed by atoms with Crippen LogP contribution in [-0.2, 0) is 0 Å². The van der Waals surface area contributed by atoms with E-state index in [4.69, 9.17) is 9.97 Å². The Morgan fingerprint density at radius 1 is 0.750 bits per heavy atom. The van der Waals surface area contributed by atoms with Crippen LogP contribution in [-0.4, -0.2) is 9.97 Å². The molecule has 0 radical (unpaired) electrons. The van der Waals surface area contributed by atoms with Crippen LogP contribution in [0.3, 0.4) is 0 Å². The van der Waals surface area contributed by atoms with Crippen molar-refractivity contribution < 1.29 is 0 Å². The van der Waals surface area contributed by atoms with Crippen LogP contribution in [0.1, 0.15) is 11.1 Å². The maximum absolute atomic E-state index is 4.85. The average molecular weight is 258 g/mol. The highest BCUT2D eigenvalue weighted by Gasteiger charge is 2.07. The Morgan fingerprint density at radius 3 is 2.50 bits per heavy atom. The summed E-state index contributed by atoms with van der Waals surface area (Å²) in [4.78, 5) is 9.61. The molecule has 3 aromatic carbocycles. The summed E-state index contributed by atoms with van der Waals surface area (Å²) in [7, 11) is 0. The first-order valence-electron chi connectivity index (χ1n) is 6.79. The van der Waals surface area contributed by atoms with Crippen molar-refractivity contribution in [3.63, 3.8) is 0 Å². The summed E-state index contributed by atoms with van der Waals surface area (Å²) >= 11 is 0. The number of fused-ring (bicyclic) bond motifs is 4. The minimum atomic E-state index is 0.957. The molecule has 2 heteroatoms. The summed E-state index contributed by atoms with van der Waals surface area (Å²) in [6, 6.07) is 16.7. The summed E-state index contributed by atoms with van der Waals surface area (Å²) in [5.41, 5.74) is 6.34. The van der Waals surface area contributed by atoms with Gasteiger partial charge >= 0.3 is 0 Å². The molecule has 0 aliphatic carbocycles. The molecule has 0 saturated carbocycles. The van der Waals surface area contributed by atoms with Crippen molar-refractivity contribution in [3.05, 3.63) is 59.7 Å². The maximum Gasteiger partial charge on any atom is 0.0975 e. The lowest BCUT2D eigenvalue weighted by molar-refractivity contribution is 1.37. The molecule has 0 aliphatic heterocycles. The van der Waals surface area contributed by atoms with Crippen molar-refractivity contribution in [1.29, 1.82) is 0 Å². The van der Waals surface area contributed by atoms with Gasteiger partial charge in [-0.25, -0.2) is 9.97 Å². The van der Waals surface area contributed by atoms with Gasteiger partial charge in [0.25, 0.3) is 0 Å². The van der Waals surface area contributed by atoms with Crippen molar-refractivity contribution in [2.24, 2.45) is 0 Å². The number of aromatic nitrogens is 2. The summed E-state index contributed by atoms with van der Waals surface area (Å²) in [5, 5.41) is 2.43. The molecule has 0 fully saturated rings. The van der Waals surface area contributed by atoms with Crippen molar-refractivity contribution in [1.82, 2.24) is 9.97 Å². The van der Waals surface area contributed by atoms with E-state index < -0.39 is 0 Å². The molecule has 0 aliphatic rings. The van der Waals surface area contributed by atoms with Gasteiger partial charge < -0.3 is 0 Å². The predicted molar refractivity (Wildman–Crippen MR) is 84.0 cm³/mol. The molecule has 0 spiro atoms. The topological polar surface area (TPSA) is 25.8 Å². The lowest BCUT2D eigenvalue weighted by Crippen LogP contribution is -1.90. The van der Waals surface area contributed by atoms with Crippen LogP contribution in [0.4, 0.5) is 0 Å². The van der Waals surface area contributed by atoms with Crippen LogP contribution >= 0.6 is 0 Å². The monoisotopic (exact) mass is 258 g/mol. The molecule has 4 aromatic rings. The third-order valence-electron chi connectivity index (χ3n) is 3.81. The molecule has 0 bridgehead atoms. The minimum absolute atomic E-state index is 0.957. The number of nitrogens with zero attached hydrogens (tertiary/aromatic N) is 2.